The van der Waals surface area contributed by atoms with Crippen LogP contribution in [-0.2, 0) is 76.7 Å². The SMILES string of the molecule is COc1cc(C(=O)N2CCC3(CC2)c2ccc(C(F)(F)F)n2CCN3C)cc(F)c1OC(C)C.COc1cc(C(=O)N2CCC3(c4ccc(C(F)(F)F)n4CCN3C)C(C)C2)ccc1OC(C)C.Cc1cc(C(=O)N2CCC3(CC2)c2ccc(S(C)(=O)=O)n2CCN3C)ccc1OC(C)C.Cc1cc(C(=O)N2CC[C@]3(c4ccc(C(F)(F)F)n4CCN3C)[C@H](F)C2)ccc1OC(C)C. The molecule has 12 heterocycles. The zero-order valence-corrected chi connectivity index (χ0v) is 79.6. The summed E-state index contributed by atoms with van der Waals surface area (Å²) < 4.78 is 216. The van der Waals surface area contributed by atoms with Gasteiger partial charge in [-0.2, -0.15) is 39.5 Å². The number of carbonyl (C=O) groups excluding carboxylic acids is 4. The number of sulfone groups is 1. The third-order valence-electron chi connectivity index (χ3n) is 27.7. The second kappa shape index (κ2) is 38.8. The number of likely N-dealkylation sites (N-methyl/N-ethyl adjacent to an activating group) is 4. The second-order valence-electron chi connectivity index (χ2n) is 37.3. The van der Waals surface area contributed by atoms with E-state index in [4.69, 9.17) is 28.4 Å². The minimum atomic E-state index is -4.50. The summed E-state index contributed by atoms with van der Waals surface area (Å²) in [4.78, 5) is 68.0. The summed E-state index contributed by atoms with van der Waals surface area (Å²) in [5.41, 5.74) is 1.63. The third-order valence-corrected chi connectivity index (χ3v) is 28.8. The van der Waals surface area contributed by atoms with E-state index in [0.29, 0.717) is 147 Å². The number of amides is 4. The number of aromatic nitrogens is 4. The molecule has 0 N–H and O–H groups in total. The molecule has 4 aromatic carbocycles. The zero-order valence-electron chi connectivity index (χ0n) is 78.8. The first kappa shape index (κ1) is 100. The molecule has 4 spiro atoms. The number of hydrogen-bond donors (Lipinski definition) is 0. The lowest BCUT2D eigenvalue weighted by atomic mass is 9.74. The van der Waals surface area contributed by atoms with Crippen molar-refractivity contribution in [3.8, 4) is 34.5 Å². The highest BCUT2D eigenvalue weighted by atomic mass is 32.2. The Morgan fingerprint density at radius 1 is 0.383 bits per heavy atom. The zero-order chi connectivity index (χ0) is 97.1. The van der Waals surface area contributed by atoms with Crippen molar-refractivity contribution in [1.82, 2.24) is 57.5 Å². The molecule has 8 aliphatic rings. The number of ether oxygens (including phenoxy) is 6. The number of aryl methyl sites for hydroxylation is 2. The fourth-order valence-electron chi connectivity index (χ4n) is 21.0. The van der Waals surface area contributed by atoms with Crippen molar-refractivity contribution in [2.45, 2.75) is 217 Å². The summed E-state index contributed by atoms with van der Waals surface area (Å²) in [5.74, 6) is 1.16. The lowest BCUT2D eigenvalue weighted by molar-refractivity contribution is -0.146. The number of fused-ring (bicyclic) bond motifs is 8. The van der Waals surface area contributed by atoms with E-state index in [1.54, 1.807) is 90.2 Å². The molecule has 36 heteroatoms. The number of methoxy groups -OCH3 is 2. The Morgan fingerprint density at radius 3 is 1.15 bits per heavy atom. The fourth-order valence-corrected chi connectivity index (χ4v) is 21.9. The van der Waals surface area contributed by atoms with Gasteiger partial charge in [0.2, 0.25) is 0 Å². The van der Waals surface area contributed by atoms with Crippen molar-refractivity contribution in [2.24, 2.45) is 5.92 Å². The molecule has 0 radical (unpaired) electrons. The van der Waals surface area contributed by atoms with E-state index in [2.05, 4.69) is 21.7 Å². The topological polar surface area (TPSA) is 203 Å². The van der Waals surface area contributed by atoms with E-state index in [1.165, 1.54) is 57.3 Å². The summed E-state index contributed by atoms with van der Waals surface area (Å²) in [6.45, 7) is 27.4. The van der Waals surface area contributed by atoms with E-state index in [-0.39, 0.29) is 109 Å². The van der Waals surface area contributed by atoms with Gasteiger partial charge in [-0.1, -0.05) is 6.92 Å². The van der Waals surface area contributed by atoms with Crippen LogP contribution in [0.3, 0.4) is 0 Å². The van der Waals surface area contributed by atoms with E-state index in [1.807, 2.05) is 110 Å². The van der Waals surface area contributed by atoms with E-state index >= 15 is 4.39 Å². The standard InChI is InChI=1S/C25H32F3N3O3.C24H29F4N3O3.C24H29F4N3O2.C24H33N3O4S/c1-16(2)34-19-7-6-18(14-20(19)33-5)23(32)30-11-10-24(17(3)15-30)21-8-9-22(25(26,27)28)31(21)13-12-29(24)4;1-15(2)34-21-17(25)13-16(14-18(21)33-4)22(32)30-9-7-23(8-10-30)19-5-6-20(24(26,27)28)31(19)12-11-29(23)3;1-15(2)33-18-6-5-17(13-16(18)3)22(32)30-10-9-23(19(25)14-30)20-7-8-21(24(26,27)28)31(20)12-11-29(23)4;1-17(2)31-20-7-6-19(16-18(20)3)23(28)26-12-10-24(11-13-26)21-8-9-22(32(5,29)30)27(21)15-14-25(24)4/h6-9,14,16-17H,10-13,15H2,1-5H3;5-6,13-15H,7-12H2,1-4H3;5-8,13,15,19H,9-12,14H2,1-4H3;6-9,16-17H,10-15H2,1-5H3/t;;19-,23-;/m..1./s1. The van der Waals surface area contributed by atoms with Crippen LogP contribution in [-0.4, -0.2) is 247 Å². The van der Waals surface area contributed by atoms with Crippen molar-refractivity contribution in [1.29, 1.82) is 0 Å². The van der Waals surface area contributed by atoms with Gasteiger partial charge in [-0.15, -0.1) is 0 Å². The molecule has 4 aromatic heterocycles. The van der Waals surface area contributed by atoms with E-state index < -0.39 is 74.1 Å². The minimum Gasteiger partial charge on any atom is -0.493 e. The van der Waals surface area contributed by atoms with Gasteiger partial charge in [0, 0.05) is 149 Å². The van der Waals surface area contributed by atoms with Gasteiger partial charge in [0.15, 0.2) is 38.7 Å². The molecule has 4 amide bonds. The van der Waals surface area contributed by atoms with Crippen molar-refractivity contribution < 1.29 is 104 Å². The average molecular weight is 1890 g/mol. The minimum absolute atomic E-state index is 0.000114. The van der Waals surface area contributed by atoms with Crippen LogP contribution in [0.1, 0.15) is 193 Å². The quantitative estimate of drug-likeness (QED) is 0.0876. The number of rotatable bonds is 15. The molecule has 24 nitrogen and oxygen atoms in total. The van der Waals surface area contributed by atoms with Gasteiger partial charge in [-0.3, -0.25) is 38.8 Å². The number of alkyl halides is 10. The Morgan fingerprint density at radius 2 is 0.729 bits per heavy atom. The molecule has 16 rings (SSSR count). The molecule has 8 aliphatic heterocycles. The summed E-state index contributed by atoms with van der Waals surface area (Å²) >= 11 is 0. The molecule has 0 bridgehead atoms. The second-order valence-corrected chi connectivity index (χ2v) is 39.2. The fraction of sp³-hybridized carbons (Fsp3) is 0.546. The molecule has 133 heavy (non-hydrogen) atoms. The number of nitrogens with zero attached hydrogens (tertiary/aromatic N) is 12. The Kier molecular flexibility index (Phi) is 29.2. The summed E-state index contributed by atoms with van der Waals surface area (Å²) in [6.07, 6.45) is -10.5. The normalized spacial score (nSPS) is 21.1. The Bertz CT molecular complexity index is 5690. The van der Waals surface area contributed by atoms with Gasteiger partial charge in [0.25, 0.3) is 23.6 Å². The summed E-state index contributed by atoms with van der Waals surface area (Å²) in [7, 11) is 7.36. The summed E-state index contributed by atoms with van der Waals surface area (Å²) in [5, 5.41) is 0.387. The lowest BCUT2D eigenvalue weighted by Crippen LogP contribution is -2.63. The van der Waals surface area contributed by atoms with Gasteiger partial charge < -0.3 is 66.3 Å². The molecular weight excluding hydrogens is 1770 g/mol. The van der Waals surface area contributed by atoms with Gasteiger partial charge in [-0.05, 0) is 268 Å². The van der Waals surface area contributed by atoms with Crippen molar-refractivity contribution >= 4 is 33.5 Å². The molecule has 2 unspecified atom stereocenters. The first-order valence-electron chi connectivity index (χ1n) is 45.3. The molecule has 4 atom stereocenters. The lowest BCUT2D eigenvalue weighted by Gasteiger charge is -2.54. The van der Waals surface area contributed by atoms with Crippen LogP contribution in [0.15, 0.2) is 120 Å². The van der Waals surface area contributed by atoms with Crippen LogP contribution in [0.25, 0.3) is 0 Å². The maximum atomic E-state index is 15.8. The van der Waals surface area contributed by atoms with Crippen LogP contribution in [0.4, 0.5) is 48.3 Å². The largest absolute Gasteiger partial charge is 0.493 e. The van der Waals surface area contributed by atoms with Crippen molar-refractivity contribution in [3.05, 3.63) is 194 Å². The molecule has 726 valence electrons. The van der Waals surface area contributed by atoms with Gasteiger partial charge in [-0.25, -0.2) is 17.2 Å². The Balaban J connectivity index is 0.000000151. The number of hydrogen-bond acceptors (Lipinski definition) is 16. The third kappa shape index (κ3) is 19.8. The first-order chi connectivity index (χ1) is 62.4. The molecule has 0 saturated carbocycles. The number of piperidine rings is 4. The average Bonchev–Trinajstić information content (AvgIpc) is 1.64. The van der Waals surface area contributed by atoms with Gasteiger partial charge in [0.05, 0.1) is 67.3 Å². The first-order valence-corrected chi connectivity index (χ1v) is 47.1. The van der Waals surface area contributed by atoms with Gasteiger partial charge in [0.1, 0.15) is 39.8 Å². The maximum absolute atomic E-state index is 15.8. The highest BCUT2D eigenvalue weighted by Gasteiger charge is 2.56. The van der Waals surface area contributed by atoms with Crippen LogP contribution in [0.2, 0.25) is 0 Å². The molecular formula is C97H123F11N12O12S. The van der Waals surface area contributed by atoms with Crippen molar-refractivity contribution in [2.75, 3.05) is 127 Å². The van der Waals surface area contributed by atoms with Crippen LogP contribution in [0, 0.1) is 25.6 Å². The maximum Gasteiger partial charge on any atom is 0.431 e. The van der Waals surface area contributed by atoms with Crippen LogP contribution in [0.5, 0.6) is 34.5 Å². The Labute approximate surface area is 770 Å². The molecule has 0 aliphatic carbocycles. The molecule has 4 saturated heterocycles. The predicted octanol–water partition coefficient (Wildman–Crippen LogP) is 16.8. The van der Waals surface area contributed by atoms with Crippen LogP contribution >= 0.6 is 0 Å². The van der Waals surface area contributed by atoms with Crippen LogP contribution < -0.4 is 28.4 Å². The van der Waals surface area contributed by atoms with E-state index in [9.17, 15) is 71.5 Å². The molecule has 8 aromatic rings. The highest BCUT2D eigenvalue weighted by molar-refractivity contribution is 7.90. The van der Waals surface area contributed by atoms with E-state index in [0.717, 1.165) is 60.2 Å². The van der Waals surface area contributed by atoms with Gasteiger partial charge >= 0.3 is 18.5 Å². The number of carbonyl (C=O) groups is 4. The number of likely N-dealkylation sites (tertiary alicyclic amines) is 4. The molecule has 4 fully saturated rings. The smallest absolute Gasteiger partial charge is 0.431 e. The number of halogens is 11. The highest BCUT2D eigenvalue weighted by Crippen LogP contribution is 2.51. The summed E-state index contributed by atoms with van der Waals surface area (Å²) in [6, 6.07) is 30.1. The predicted molar refractivity (Wildman–Crippen MR) is 480 cm³/mol. The number of benzene rings is 4. The Hall–Kier alpha value is -10.3. The van der Waals surface area contributed by atoms with Crippen molar-refractivity contribution in [3.63, 3.8) is 0 Å². The monoisotopic (exact) mass is 1890 g/mol.